The molecule has 3 aliphatic heterocycles. The Morgan fingerprint density at radius 3 is 2.51 bits per heavy atom. The molecule has 3 N–H and O–H groups in total. The molecule has 4 amide bonds. The third-order valence-electron chi connectivity index (χ3n) is 7.31. The van der Waals surface area contributed by atoms with E-state index in [0.717, 1.165) is 37.1 Å². The molecule has 1 unspecified atom stereocenters. The Morgan fingerprint density at radius 2 is 1.86 bits per heavy atom. The summed E-state index contributed by atoms with van der Waals surface area (Å²) in [5, 5.41) is 13.5. The van der Waals surface area contributed by atoms with Crippen LogP contribution in [0.15, 0.2) is 42.5 Å². The first-order chi connectivity index (χ1) is 17.8. The van der Waals surface area contributed by atoms with Crippen molar-refractivity contribution in [3.05, 3.63) is 64.7 Å². The van der Waals surface area contributed by atoms with E-state index in [0.29, 0.717) is 29.1 Å². The molecule has 37 heavy (non-hydrogen) atoms. The number of hydrogen-bond acceptors (Lipinski definition) is 6. The summed E-state index contributed by atoms with van der Waals surface area (Å²) in [7, 11) is 3.63. The maximum Gasteiger partial charge on any atom is 0.323 e. The van der Waals surface area contributed by atoms with Gasteiger partial charge < -0.3 is 25.3 Å². The highest BCUT2D eigenvalue weighted by molar-refractivity contribution is 6.10. The lowest BCUT2D eigenvalue weighted by molar-refractivity contribution is -0.122. The molecule has 2 aromatic carbocycles. The zero-order valence-electron chi connectivity index (χ0n) is 20.9. The molecule has 0 bridgehead atoms. The van der Waals surface area contributed by atoms with Crippen LogP contribution in [0.1, 0.15) is 39.9 Å². The Morgan fingerprint density at radius 1 is 1.14 bits per heavy atom. The third kappa shape index (κ3) is 4.80. The zero-order valence-corrected chi connectivity index (χ0v) is 20.9. The molecule has 9 heteroatoms. The summed E-state index contributed by atoms with van der Waals surface area (Å²) in [6.45, 7) is 2.19. The normalized spacial score (nSPS) is 21.7. The van der Waals surface area contributed by atoms with Crippen LogP contribution in [0.5, 0.6) is 5.75 Å². The van der Waals surface area contributed by atoms with Gasteiger partial charge >= 0.3 is 6.03 Å². The first-order valence-corrected chi connectivity index (χ1v) is 12.3. The molecule has 3 aliphatic rings. The molecule has 190 valence electrons. The summed E-state index contributed by atoms with van der Waals surface area (Å²) in [4.78, 5) is 41.8. The monoisotopic (exact) mass is 499 g/mol. The second-order valence-electron chi connectivity index (χ2n) is 9.82. The van der Waals surface area contributed by atoms with Crippen LogP contribution in [-0.2, 0) is 11.3 Å². The van der Waals surface area contributed by atoms with E-state index < -0.39 is 17.5 Å². The number of amides is 4. The van der Waals surface area contributed by atoms with Crippen molar-refractivity contribution in [2.75, 3.05) is 33.8 Å². The summed E-state index contributed by atoms with van der Waals surface area (Å²) in [6.07, 6.45) is 1.94. The highest BCUT2D eigenvalue weighted by Gasteiger charge is 2.48. The number of rotatable bonds is 5. The fraction of sp³-hybridized carbons (Fsp3) is 0.357. The minimum absolute atomic E-state index is 0.0910. The molecule has 5 rings (SSSR count). The number of likely N-dealkylation sites (tertiary alicyclic amines) is 1. The maximum atomic E-state index is 13.1. The average Bonchev–Trinajstić information content (AvgIpc) is 3.36. The predicted octanol–water partition coefficient (Wildman–Crippen LogP) is 1.99. The van der Waals surface area contributed by atoms with E-state index in [1.807, 2.05) is 30.3 Å². The molecule has 0 spiro atoms. The minimum Gasteiger partial charge on any atom is -0.497 e. The summed E-state index contributed by atoms with van der Waals surface area (Å²) in [5.74, 6) is 5.91. The number of nitrogens with one attached hydrogen (secondary N) is 3. The molecule has 0 radical (unpaired) electrons. The SMILES string of the molecule is COc1ccc2c(c1)C(=O)N(CC1(C#Cc3ccc(C(=N)C4CCN(C)CC4)cc3)NC(=O)NC1=O)C2. The van der Waals surface area contributed by atoms with Gasteiger partial charge in [0.05, 0.1) is 13.7 Å². The van der Waals surface area contributed by atoms with Crippen molar-refractivity contribution in [2.45, 2.75) is 24.9 Å². The van der Waals surface area contributed by atoms with Crippen LogP contribution in [-0.4, -0.2) is 72.7 Å². The number of hydrogen-bond donors (Lipinski definition) is 3. The lowest BCUT2D eigenvalue weighted by Crippen LogP contribution is -2.54. The fourth-order valence-corrected chi connectivity index (χ4v) is 5.06. The van der Waals surface area contributed by atoms with Crippen LogP contribution >= 0.6 is 0 Å². The summed E-state index contributed by atoms with van der Waals surface area (Å²) in [6, 6.07) is 12.0. The van der Waals surface area contributed by atoms with Gasteiger partial charge in [-0.2, -0.15) is 0 Å². The van der Waals surface area contributed by atoms with Crippen molar-refractivity contribution in [2.24, 2.45) is 5.92 Å². The van der Waals surface area contributed by atoms with Crippen LogP contribution in [0.3, 0.4) is 0 Å². The number of urea groups is 1. The first kappa shape index (κ1) is 24.5. The number of imide groups is 1. The van der Waals surface area contributed by atoms with Gasteiger partial charge in [0.25, 0.3) is 11.8 Å². The van der Waals surface area contributed by atoms with E-state index in [-0.39, 0.29) is 18.4 Å². The number of carbonyl (C=O) groups excluding carboxylic acids is 3. The Kier molecular flexibility index (Phi) is 6.44. The summed E-state index contributed by atoms with van der Waals surface area (Å²) >= 11 is 0. The van der Waals surface area contributed by atoms with Gasteiger partial charge in [0.15, 0.2) is 0 Å². The van der Waals surface area contributed by atoms with Gasteiger partial charge in [0.2, 0.25) is 5.54 Å². The topological polar surface area (TPSA) is 115 Å². The molecule has 1 atom stereocenters. The van der Waals surface area contributed by atoms with Crippen LogP contribution in [0.2, 0.25) is 0 Å². The Labute approximate surface area is 215 Å². The standard InChI is InChI=1S/C28H29N5O4/c1-32-13-10-20(11-14-32)24(29)19-5-3-18(4-6-19)9-12-28(26(35)30-27(36)31-28)17-33-16-21-7-8-22(37-2)15-23(21)25(33)34/h3-8,15,20,29H,10-11,13-14,16-17H2,1-2H3,(H2,30,31,35,36). The highest BCUT2D eigenvalue weighted by Crippen LogP contribution is 2.28. The van der Waals surface area contributed by atoms with Gasteiger partial charge in [-0.15, -0.1) is 0 Å². The molecule has 0 aromatic heterocycles. The van der Waals surface area contributed by atoms with Crippen molar-refractivity contribution in [1.82, 2.24) is 20.4 Å². The van der Waals surface area contributed by atoms with Crippen LogP contribution in [0.25, 0.3) is 0 Å². The van der Waals surface area contributed by atoms with Gasteiger partial charge in [-0.3, -0.25) is 14.9 Å². The summed E-state index contributed by atoms with van der Waals surface area (Å²) in [5.41, 5.74) is 1.90. The Balaban J connectivity index is 1.34. The van der Waals surface area contributed by atoms with E-state index in [9.17, 15) is 14.4 Å². The molecule has 0 aliphatic carbocycles. The molecule has 9 nitrogen and oxygen atoms in total. The molecular weight excluding hydrogens is 470 g/mol. The van der Waals surface area contributed by atoms with E-state index in [1.54, 1.807) is 12.1 Å². The quantitative estimate of drug-likeness (QED) is 0.331. The molecule has 3 heterocycles. The third-order valence-corrected chi connectivity index (χ3v) is 7.31. The van der Waals surface area contributed by atoms with Gasteiger partial charge in [-0.1, -0.05) is 30.0 Å². The maximum absolute atomic E-state index is 13.1. The predicted molar refractivity (Wildman–Crippen MR) is 138 cm³/mol. The van der Waals surface area contributed by atoms with E-state index >= 15 is 0 Å². The Bertz CT molecular complexity index is 1330. The molecule has 2 saturated heterocycles. The number of methoxy groups -OCH3 is 1. The van der Waals surface area contributed by atoms with Crippen LogP contribution < -0.4 is 15.4 Å². The minimum atomic E-state index is -1.57. The van der Waals surface area contributed by atoms with Crippen molar-refractivity contribution < 1.29 is 19.1 Å². The largest absolute Gasteiger partial charge is 0.497 e. The number of nitrogens with zero attached hydrogens (tertiary/aromatic N) is 2. The second-order valence-corrected chi connectivity index (χ2v) is 9.82. The zero-order chi connectivity index (χ0) is 26.2. The van der Waals surface area contributed by atoms with E-state index in [2.05, 4.69) is 34.4 Å². The van der Waals surface area contributed by atoms with Crippen LogP contribution in [0.4, 0.5) is 4.79 Å². The molecule has 2 fully saturated rings. The smallest absolute Gasteiger partial charge is 0.323 e. The number of piperidine rings is 1. The van der Waals surface area contributed by atoms with E-state index in [4.69, 9.17) is 10.1 Å². The van der Waals surface area contributed by atoms with Crippen molar-refractivity contribution in [3.8, 4) is 17.6 Å². The van der Waals surface area contributed by atoms with Crippen molar-refractivity contribution in [1.29, 1.82) is 5.41 Å². The van der Waals surface area contributed by atoms with Gasteiger partial charge in [-0.25, -0.2) is 4.79 Å². The number of carbonyl (C=O) groups is 3. The Hall–Kier alpha value is -4.16. The van der Waals surface area contributed by atoms with Crippen LogP contribution in [0, 0.1) is 23.2 Å². The molecule has 0 saturated carbocycles. The molecule has 2 aromatic rings. The summed E-state index contributed by atoms with van der Waals surface area (Å²) < 4.78 is 5.23. The van der Waals surface area contributed by atoms with Crippen molar-refractivity contribution >= 4 is 23.6 Å². The second kappa shape index (κ2) is 9.71. The number of benzene rings is 2. The van der Waals surface area contributed by atoms with Gasteiger partial charge in [0.1, 0.15) is 5.75 Å². The van der Waals surface area contributed by atoms with Gasteiger partial charge in [0, 0.05) is 29.3 Å². The number of fused-ring (bicyclic) bond motifs is 1. The number of ether oxygens (including phenoxy) is 1. The van der Waals surface area contributed by atoms with Crippen molar-refractivity contribution in [3.63, 3.8) is 0 Å². The lowest BCUT2D eigenvalue weighted by atomic mass is 9.88. The first-order valence-electron chi connectivity index (χ1n) is 12.3. The fourth-order valence-electron chi connectivity index (χ4n) is 5.06. The van der Waals surface area contributed by atoms with Gasteiger partial charge in [-0.05, 0) is 68.4 Å². The lowest BCUT2D eigenvalue weighted by Gasteiger charge is -2.29. The molecular formula is C28H29N5O4. The average molecular weight is 500 g/mol. The van der Waals surface area contributed by atoms with E-state index in [1.165, 1.54) is 12.0 Å². The highest BCUT2D eigenvalue weighted by atomic mass is 16.5.